The molecule has 20 nitrogen and oxygen atoms in total. The normalized spacial score (nSPS) is 19.0. The minimum atomic E-state index is -5.42. The maximum absolute atomic E-state index is 14.0. The Bertz CT molecular complexity index is 2480. The number of benzene rings is 3. The number of para-hydroxylation sites is 1. The Morgan fingerprint density at radius 2 is 1.34 bits per heavy atom. The zero-order chi connectivity index (χ0) is 44.1. The molecule has 0 amide bonds. The summed E-state index contributed by atoms with van der Waals surface area (Å²) in [6, 6.07) is 19.6. The molecule has 0 aliphatic carbocycles. The molecule has 326 valence electrons. The van der Waals surface area contributed by atoms with Gasteiger partial charge in [-0.1, -0.05) is 69.2 Å². The quantitative estimate of drug-likeness (QED) is 0.0616. The Morgan fingerprint density at radius 3 is 1.90 bits per heavy atom. The number of phosphoric acid groups is 2. The third-order valence-electron chi connectivity index (χ3n) is 9.08. The van der Waals surface area contributed by atoms with Gasteiger partial charge in [-0.3, -0.25) is 37.1 Å². The van der Waals surface area contributed by atoms with Crippen LogP contribution in [-0.2, 0) is 61.1 Å². The summed E-state index contributed by atoms with van der Waals surface area (Å²) in [6.07, 6.45) is -5.73. The van der Waals surface area contributed by atoms with Crippen LogP contribution in [-0.4, -0.2) is 66.3 Å². The first-order valence-corrected chi connectivity index (χ1v) is 21.7. The van der Waals surface area contributed by atoms with Crippen LogP contribution in [0.1, 0.15) is 50.7 Å². The Labute approximate surface area is 347 Å². The summed E-state index contributed by atoms with van der Waals surface area (Å²) in [4.78, 5) is 61.0. The van der Waals surface area contributed by atoms with Gasteiger partial charge in [0.15, 0.2) is 11.8 Å². The number of hydrogen-bond donors (Lipinski definition) is 3. The molecule has 1 saturated heterocycles. The van der Waals surface area contributed by atoms with Gasteiger partial charge in [0.25, 0.3) is 5.56 Å². The van der Waals surface area contributed by atoms with E-state index in [1.807, 2.05) is 0 Å². The minimum Gasteiger partial charge on any atom is -0.426 e. The number of aliphatic hydroxyl groups is 2. The molecular weight excluding hydrogens is 844 g/mol. The molecule has 1 fully saturated rings. The van der Waals surface area contributed by atoms with E-state index in [0.717, 1.165) is 21.4 Å². The van der Waals surface area contributed by atoms with E-state index in [-0.39, 0.29) is 35.6 Å². The average Bonchev–Trinajstić information content (AvgIpc) is 3.76. The van der Waals surface area contributed by atoms with Crippen LogP contribution in [0.15, 0.2) is 99.2 Å². The topological polar surface area (TPSA) is 264 Å². The van der Waals surface area contributed by atoms with E-state index in [2.05, 4.69) is 5.16 Å². The maximum Gasteiger partial charge on any atom is 0.484 e. The Balaban J connectivity index is 1.14. The molecule has 0 spiro atoms. The first-order valence-electron chi connectivity index (χ1n) is 18.8. The third-order valence-corrected chi connectivity index (χ3v) is 12.1. The van der Waals surface area contributed by atoms with Crippen molar-refractivity contribution in [2.75, 3.05) is 6.61 Å². The second-order valence-corrected chi connectivity index (χ2v) is 17.6. The fourth-order valence-corrected chi connectivity index (χ4v) is 8.25. The number of rotatable bonds is 18. The summed E-state index contributed by atoms with van der Waals surface area (Å²) in [7, 11) is -10.4. The lowest BCUT2D eigenvalue weighted by Crippen LogP contribution is -2.43. The molecule has 0 saturated carbocycles. The van der Waals surface area contributed by atoms with Crippen molar-refractivity contribution in [1.29, 1.82) is 0 Å². The summed E-state index contributed by atoms with van der Waals surface area (Å²) >= 11 is 0. The standard InChI is InChI=1S/C39H43N3O17P2/c1-23(2)37(46)55-27-13-9-25(10-14-27)20-53-61(51,54-21-26-11-15-28(16-12-26)56-38(47)24(3)4)59-60(49,50)52-22-32-34(44)35(45)36(57-32)41-18-17-33(43)42(39(41)48)19-30-29-7-5-6-8-31(29)58-40-30/h5-18,23-24,32,34-36,44-45H,19-22H2,1-4H3,(H,49,50)/t32-,34+,35?,36-/m1/s1. The Morgan fingerprint density at radius 1 is 0.787 bits per heavy atom. The Hall–Kier alpha value is -5.11. The molecule has 1 aliphatic heterocycles. The van der Waals surface area contributed by atoms with Crippen molar-refractivity contribution >= 4 is 38.6 Å². The number of phosphoric ester groups is 2. The van der Waals surface area contributed by atoms with Crippen LogP contribution in [0.3, 0.4) is 0 Å². The van der Waals surface area contributed by atoms with Gasteiger partial charge >= 0.3 is 33.3 Å². The molecule has 0 radical (unpaired) electrons. The van der Waals surface area contributed by atoms with Gasteiger partial charge in [0.2, 0.25) is 0 Å². The Kier molecular flexibility index (Phi) is 14.4. The second-order valence-electron chi connectivity index (χ2n) is 14.4. The van der Waals surface area contributed by atoms with E-state index < -0.39 is 83.2 Å². The van der Waals surface area contributed by atoms with E-state index in [1.54, 1.807) is 52.0 Å². The van der Waals surface area contributed by atoms with E-state index in [0.29, 0.717) is 22.1 Å². The molecular formula is C39H43N3O17P2. The molecule has 61 heavy (non-hydrogen) atoms. The number of aliphatic hydroxyl groups excluding tert-OH is 2. The van der Waals surface area contributed by atoms with Gasteiger partial charge in [0, 0.05) is 17.6 Å². The smallest absolute Gasteiger partial charge is 0.426 e. The fourth-order valence-electron chi connectivity index (χ4n) is 5.65. The predicted octanol–water partition coefficient (Wildman–Crippen LogP) is 4.62. The molecule has 2 aromatic heterocycles. The summed E-state index contributed by atoms with van der Waals surface area (Å²) in [5.74, 6) is -1.24. The average molecular weight is 888 g/mol. The van der Waals surface area contributed by atoms with Crippen molar-refractivity contribution in [3.8, 4) is 11.5 Å². The number of carbonyl (C=O) groups is 2. The van der Waals surface area contributed by atoms with Gasteiger partial charge < -0.3 is 33.8 Å². The highest BCUT2D eigenvalue weighted by Gasteiger charge is 2.46. The summed E-state index contributed by atoms with van der Waals surface area (Å²) in [6.45, 7) is 4.42. The van der Waals surface area contributed by atoms with Crippen molar-refractivity contribution < 1.29 is 70.4 Å². The van der Waals surface area contributed by atoms with Crippen molar-refractivity contribution in [2.24, 2.45) is 11.8 Å². The number of carbonyl (C=O) groups excluding carboxylic acids is 2. The highest BCUT2D eigenvalue weighted by molar-refractivity contribution is 7.61. The highest BCUT2D eigenvalue weighted by Crippen LogP contribution is 2.64. The molecule has 5 aromatic rings. The second kappa shape index (κ2) is 19.3. The first kappa shape index (κ1) is 45.4. The van der Waals surface area contributed by atoms with Gasteiger partial charge in [0.05, 0.1) is 38.2 Å². The number of fused-ring (bicyclic) bond motifs is 1. The van der Waals surface area contributed by atoms with Crippen LogP contribution >= 0.6 is 15.6 Å². The van der Waals surface area contributed by atoms with E-state index >= 15 is 0 Å². The van der Waals surface area contributed by atoms with E-state index in [4.69, 9.17) is 36.6 Å². The lowest BCUT2D eigenvalue weighted by molar-refractivity contribution is -0.138. The fraction of sp³-hybridized carbons (Fsp3) is 0.359. The molecule has 0 bridgehead atoms. The number of hydrogen-bond acceptors (Lipinski definition) is 17. The molecule has 3 N–H and O–H groups in total. The van der Waals surface area contributed by atoms with Crippen molar-refractivity contribution in [3.63, 3.8) is 0 Å². The van der Waals surface area contributed by atoms with Gasteiger partial charge in [-0.05, 0) is 47.5 Å². The first-order chi connectivity index (χ1) is 28.9. The summed E-state index contributed by atoms with van der Waals surface area (Å²) in [5, 5.41) is 26.2. The number of ether oxygens (including phenoxy) is 3. The predicted molar refractivity (Wildman–Crippen MR) is 212 cm³/mol. The highest BCUT2D eigenvalue weighted by atomic mass is 31.3. The molecule has 3 heterocycles. The molecule has 1 aliphatic rings. The number of nitrogens with zero attached hydrogens (tertiary/aromatic N) is 3. The summed E-state index contributed by atoms with van der Waals surface area (Å²) < 4.78 is 71.3. The van der Waals surface area contributed by atoms with Crippen LogP contribution in [0.2, 0.25) is 0 Å². The molecule has 5 atom stereocenters. The van der Waals surface area contributed by atoms with E-state index in [1.165, 1.54) is 48.5 Å². The number of aromatic nitrogens is 3. The van der Waals surface area contributed by atoms with Gasteiger partial charge in [-0.25, -0.2) is 13.9 Å². The number of esters is 2. The zero-order valence-electron chi connectivity index (χ0n) is 33.2. The molecule has 2 unspecified atom stereocenters. The lowest BCUT2D eigenvalue weighted by atomic mass is 10.1. The van der Waals surface area contributed by atoms with Gasteiger partial charge in [0.1, 0.15) is 35.5 Å². The van der Waals surface area contributed by atoms with Crippen LogP contribution in [0.25, 0.3) is 11.0 Å². The monoisotopic (exact) mass is 887 g/mol. The van der Waals surface area contributed by atoms with Crippen LogP contribution in [0.4, 0.5) is 0 Å². The van der Waals surface area contributed by atoms with Crippen LogP contribution < -0.4 is 20.7 Å². The van der Waals surface area contributed by atoms with Gasteiger partial charge in [-0.15, -0.1) is 0 Å². The molecule has 6 rings (SSSR count). The zero-order valence-corrected chi connectivity index (χ0v) is 35.0. The molecule has 3 aromatic carbocycles. The third kappa shape index (κ3) is 11.4. The largest absolute Gasteiger partial charge is 0.484 e. The van der Waals surface area contributed by atoms with E-state index in [9.17, 15) is 43.4 Å². The van der Waals surface area contributed by atoms with Gasteiger partial charge in [-0.2, -0.15) is 4.31 Å². The summed E-state index contributed by atoms with van der Waals surface area (Å²) in [5.41, 5.74) is -0.222. The van der Waals surface area contributed by atoms with Crippen LogP contribution in [0, 0.1) is 11.8 Å². The van der Waals surface area contributed by atoms with Crippen molar-refractivity contribution in [3.05, 3.63) is 123 Å². The van der Waals surface area contributed by atoms with Crippen LogP contribution in [0.5, 0.6) is 11.5 Å². The lowest BCUT2D eigenvalue weighted by Gasteiger charge is -2.22. The maximum atomic E-state index is 14.0. The SMILES string of the molecule is CC(C)C(=O)Oc1ccc(COP(=O)(OCc2ccc(OC(=O)C(C)C)cc2)OP(=O)(O)OC[C@H]2O[C@@H](n3ccc(=O)n(Cc4noc5ccccc45)c3=O)C(O)[C@H]2O)cc1. The minimum absolute atomic E-state index is 0.226. The van der Waals surface area contributed by atoms with Crippen molar-refractivity contribution in [1.82, 2.24) is 14.3 Å². The molecule has 22 heteroatoms. The van der Waals surface area contributed by atoms with Crippen molar-refractivity contribution in [2.45, 2.75) is 72.0 Å².